The van der Waals surface area contributed by atoms with E-state index in [1.54, 1.807) is 12.1 Å². The minimum atomic E-state index is -0.978. The van der Waals surface area contributed by atoms with E-state index in [0.717, 1.165) is 5.56 Å². The van der Waals surface area contributed by atoms with Crippen LogP contribution in [0.15, 0.2) is 48.5 Å². The number of aryl methyl sites for hydroxylation is 1. The Morgan fingerprint density at radius 1 is 0.731 bits per heavy atom. The third kappa shape index (κ3) is 8.41. The van der Waals surface area contributed by atoms with Gasteiger partial charge in [-0.3, -0.25) is 0 Å². The molecule has 0 bridgehead atoms. The summed E-state index contributed by atoms with van der Waals surface area (Å²) in [5.74, 6) is 0.174. The van der Waals surface area contributed by atoms with E-state index in [9.17, 15) is 0 Å². The van der Waals surface area contributed by atoms with Crippen molar-refractivity contribution in [3.8, 4) is 17.9 Å². The standard InChI is InChI=1S/C11H11N.C10H9NO.2Y/c1-9-4-6-10(7-5-9)11(2,3)8-12;1-10(2,7-11)8-3-5-9(12)6-4-8;;/h4-7H,2-3H2,1H3;3-6,12H,1-2H2;;/q2*-2;;. The van der Waals surface area contributed by atoms with Crippen LogP contribution in [0.5, 0.6) is 5.75 Å². The normalized spacial score (nSPS) is 9.96. The van der Waals surface area contributed by atoms with Crippen LogP contribution in [-0.4, -0.2) is 5.11 Å². The molecule has 0 aromatic heterocycles. The summed E-state index contributed by atoms with van der Waals surface area (Å²) >= 11 is 0. The van der Waals surface area contributed by atoms with Gasteiger partial charge in [0.2, 0.25) is 0 Å². The van der Waals surface area contributed by atoms with Gasteiger partial charge in [-0.1, -0.05) is 53.1 Å². The zero-order valence-electron chi connectivity index (χ0n) is 14.9. The number of phenolic OH excluding ortho intramolecular Hbond substituents is 1. The fourth-order valence-corrected chi connectivity index (χ4v) is 1.78. The maximum Gasteiger partial charge on any atom is 0.115 e. The number of hydrogen-bond donors (Lipinski definition) is 1. The van der Waals surface area contributed by atoms with Crippen molar-refractivity contribution in [2.24, 2.45) is 0 Å². The molecule has 0 aliphatic heterocycles. The van der Waals surface area contributed by atoms with Crippen molar-refractivity contribution in [3.05, 3.63) is 92.9 Å². The van der Waals surface area contributed by atoms with E-state index in [-0.39, 0.29) is 71.2 Å². The van der Waals surface area contributed by atoms with E-state index in [2.05, 4.69) is 33.8 Å². The number of phenols is 1. The Morgan fingerprint density at radius 2 is 1.04 bits per heavy atom. The second kappa shape index (κ2) is 12.0. The summed E-state index contributed by atoms with van der Waals surface area (Å²) in [7, 11) is 0. The summed E-state index contributed by atoms with van der Waals surface area (Å²) in [6.45, 7) is 16.7. The molecule has 0 amide bonds. The first-order chi connectivity index (χ1) is 11.1. The maximum absolute atomic E-state index is 8.97. The van der Waals surface area contributed by atoms with Gasteiger partial charge in [0.05, 0.1) is 0 Å². The number of rotatable bonds is 2. The van der Waals surface area contributed by atoms with Gasteiger partial charge in [-0.05, 0) is 19.1 Å². The Labute approximate surface area is 207 Å². The first kappa shape index (κ1) is 27.6. The average molecular weight is 494 g/mol. The van der Waals surface area contributed by atoms with Crippen LogP contribution in [0.3, 0.4) is 0 Å². The van der Waals surface area contributed by atoms with Gasteiger partial charge in [0.25, 0.3) is 0 Å². The van der Waals surface area contributed by atoms with Gasteiger partial charge in [-0.25, -0.2) is 10.5 Å². The number of hydrogen-bond acceptors (Lipinski definition) is 3. The third-order valence-electron chi connectivity index (χ3n) is 3.45. The van der Waals surface area contributed by atoms with E-state index in [1.807, 2.05) is 37.3 Å². The monoisotopic (exact) mass is 494 g/mol. The Balaban J connectivity index is 0. The second-order valence-electron chi connectivity index (χ2n) is 5.80. The number of aromatic hydroxyl groups is 1. The summed E-state index contributed by atoms with van der Waals surface area (Å²) in [5.41, 5.74) is 0.882. The van der Waals surface area contributed by atoms with Gasteiger partial charge in [0.1, 0.15) is 5.75 Å². The quantitative estimate of drug-likeness (QED) is 0.636. The molecule has 130 valence electrons. The largest absolute Gasteiger partial charge is 0.508 e. The maximum atomic E-state index is 8.97. The third-order valence-corrected chi connectivity index (χ3v) is 3.45. The van der Waals surface area contributed by atoms with Crippen LogP contribution in [-0.2, 0) is 76.2 Å². The predicted octanol–water partition coefficient (Wildman–Crippen LogP) is 4.24. The van der Waals surface area contributed by atoms with Gasteiger partial charge < -0.3 is 32.8 Å². The van der Waals surface area contributed by atoms with E-state index in [4.69, 9.17) is 15.6 Å². The van der Waals surface area contributed by atoms with Crippen LogP contribution < -0.4 is 0 Å². The van der Waals surface area contributed by atoms with Crippen LogP contribution in [0.4, 0.5) is 0 Å². The van der Waals surface area contributed by atoms with E-state index >= 15 is 0 Å². The van der Waals surface area contributed by atoms with Gasteiger partial charge in [0.15, 0.2) is 0 Å². The van der Waals surface area contributed by atoms with Crippen molar-refractivity contribution < 1.29 is 70.5 Å². The summed E-state index contributed by atoms with van der Waals surface area (Å²) in [6.07, 6.45) is 0. The zero-order chi connectivity index (χ0) is 18.4. The molecule has 0 saturated heterocycles. The Morgan fingerprint density at radius 3 is 1.35 bits per heavy atom. The minimum Gasteiger partial charge on any atom is -0.508 e. The molecule has 1 N–H and O–H groups in total. The Bertz CT molecular complexity index is 685. The summed E-state index contributed by atoms with van der Waals surface area (Å²) in [5, 5.41) is 26.4. The Hall–Kier alpha value is -0.572. The SMILES string of the molecule is [CH2-]C([CH2-])(C#N)c1ccc(C)cc1.[CH2-]C([CH2-])(C#N)c1ccc(O)cc1.[Y].[Y]. The number of nitriles is 2. The molecule has 2 rings (SSSR count). The van der Waals surface area contributed by atoms with Crippen molar-refractivity contribution in [2.45, 2.75) is 17.8 Å². The molecule has 0 spiro atoms. The molecular formula is C21H20N2OY2-4. The van der Waals surface area contributed by atoms with E-state index < -0.39 is 10.8 Å². The van der Waals surface area contributed by atoms with Gasteiger partial charge in [-0.2, -0.15) is 10.8 Å². The molecule has 5 heteroatoms. The van der Waals surface area contributed by atoms with Gasteiger partial charge in [-0.15, -0.1) is 0 Å². The first-order valence-corrected chi connectivity index (χ1v) is 7.23. The molecule has 3 nitrogen and oxygen atoms in total. The van der Waals surface area contributed by atoms with Crippen molar-refractivity contribution in [3.63, 3.8) is 0 Å². The number of nitrogens with zero attached hydrogens (tertiary/aromatic N) is 2. The molecule has 0 unspecified atom stereocenters. The summed E-state index contributed by atoms with van der Waals surface area (Å²) < 4.78 is 0. The molecule has 0 fully saturated rings. The molecule has 2 aromatic rings. The van der Waals surface area contributed by atoms with E-state index in [1.165, 1.54) is 17.7 Å². The summed E-state index contributed by atoms with van der Waals surface area (Å²) in [4.78, 5) is 0. The number of benzene rings is 2. The summed E-state index contributed by atoms with van der Waals surface area (Å²) in [6, 6.07) is 18.0. The molecule has 0 heterocycles. The van der Waals surface area contributed by atoms with Crippen LogP contribution in [0.25, 0.3) is 0 Å². The average Bonchev–Trinajstić information content (AvgIpc) is 2.56. The fourth-order valence-electron chi connectivity index (χ4n) is 1.78. The molecule has 2 aromatic carbocycles. The second-order valence-corrected chi connectivity index (χ2v) is 5.80. The van der Waals surface area contributed by atoms with Crippen molar-refractivity contribution in [2.75, 3.05) is 0 Å². The van der Waals surface area contributed by atoms with Crippen molar-refractivity contribution >= 4 is 0 Å². The van der Waals surface area contributed by atoms with Crippen LogP contribution in [0.2, 0.25) is 0 Å². The topological polar surface area (TPSA) is 67.8 Å². The molecule has 0 aliphatic carbocycles. The molecule has 0 aliphatic rings. The van der Waals surface area contributed by atoms with Crippen LogP contribution >= 0.6 is 0 Å². The van der Waals surface area contributed by atoms with Gasteiger partial charge >= 0.3 is 0 Å². The molecular weight excluding hydrogens is 474 g/mol. The van der Waals surface area contributed by atoms with Crippen molar-refractivity contribution in [1.29, 1.82) is 10.5 Å². The minimum absolute atomic E-state index is 0. The predicted molar refractivity (Wildman–Crippen MR) is 95.3 cm³/mol. The van der Waals surface area contributed by atoms with Gasteiger partial charge in [0, 0.05) is 77.6 Å². The molecule has 2 radical (unpaired) electrons. The fraction of sp³-hybridized carbons (Fsp3) is 0.143. The molecule has 0 saturated carbocycles. The molecule has 0 atom stereocenters. The smallest absolute Gasteiger partial charge is 0.115 e. The Kier molecular flexibility index (Phi) is 12.8. The van der Waals surface area contributed by atoms with Crippen LogP contribution in [0.1, 0.15) is 16.7 Å². The molecule has 26 heavy (non-hydrogen) atoms. The zero-order valence-corrected chi connectivity index (χ0v) is 20.6. The van der Waals surface area contributed by atoms with E-state index in [0.29, 0.717) is 5.56 Å². The van der Waals surface area contributed by atoms with Crippen molar-refractivity contribution in [1.82, 2.24) is 0 Å². The first-order valence-electron chi connectivity index (χ1n) is 7.23. The van der Waals surface area contributed by atoms with Crippen LogP contribution in [0, 0.1) is 57.3 Å².